The molecule has 1 aliphatic heterocycles. The molecular weight excluding hydrogens is 542 g/mol. The first-order valence-corrected chi connectivity index (χ1v) is 13.4. The zero-order chi connectivity index (χ0) is 29.5. The predicted octanol–water partition coefficient (Wildman–Crippen LogP) is 4.79. The van der Waals surface area contributed by atoms with Crippen LogP contribution < -0.4 is 20.5 Å². The van der Waals surface area contributed by atoms with Gasteiger partial charge in [-0.2, -0.15) is 13.2 Å². The molecule has 1 aliphatic carbocycles. The number of nitrogens with zero attached hydrogens (tertiary/aromatic N) is 4. The number of anilines is 2. The van der Waals surface area contributed by atoms with E-state index in [4.69, 9.17) is 4.74 Å². The molecule has 1 atom stereocenters. The van der Waals surface area contributed by atoms with Gasteiger partial charge in [0.2, 0.25) is 5.88 Å². The largest absolute Gasteiger partial charge is 0.477 e. The minimum atomic E-state index is -4.93. The highest BCUT2D eigenvalue weighted by Crippen LogP contribution is 2.37. The fraction of sp³-hybridized carbons (Fsp3) is 0.414. The molecule has 0 unspecified atom stereocenters. The number of aryl methyl sites for hydroxylation is 1. The number of carbonyl (C=O) groups is 1. The van der Waals surface area contributed by atoms with Gasteiger partial charge in [-0.25, -0.2) is 9.37 Å². The summed E-state index contributed by atoms with van der Waals surface area (Å²) in [7, 11) is 3.23. The quantitative estimate of drug-likeness (QED) is 0.410. The van der Waals surface area contributed by atoms with Crippen LogP contribution in [0, 0.1) is 11.7 Å². The van der Waals surface area contributed by atoms with Crippen molar-refractivity contribution in [3.05, 3.63) is 70.0 Å². The van der Waals surface area contributed by atoms with Crippen LogP contribution in [0.1, 0.15) is 35.7 Å². The lowest BCUT2D eigenvalue weighted by Crippen LogP contribution is -2.50. The highest BCUT2D eigenvalue weighted by atomic mass is 19.4. The summed E-state index contributed by atoms with van der Waals surface area (Å²) in [6.45, 7) is 4.28. The van der Waals surface area contributed by atoms with E-state index in [1.807, 2.05) is 18.9 Å². The van der Waals surface area contributed by atoms with Crippen LogP contribution in [0.4, 0.5) is 28.9 Å². The van der Waals surface area contributed by atoms with E-state index in [2.05, 4.69) is 15.2 Å². The van der Waals surface area contributed by atoms with Gasteiger partial charge in [-0.05, 0) is 50.9 Å². The highest BCUT2D eigenvalue weighted by molar-refractivity contribution is 6.07. The molecule has 1 N–H and O–H groups in total. The number of amides is 1. The summed E-state index contributed by atoms with van der Waals surface area (Å²) in [5.41, 5.74) is -1.96. The predicted molar refractivity (Wildman–Crippen MR) is 147 cm³/mol. The average molecular weight is 574 g/mol. The van der Waals surface area contributed by atoms with E-state index in [9.17, 15) is 22.8 Å². The number of alkyl halides is 3. The number of piperazine rings is 1. The average Bonchev–Trinajstić information content (AvgIpc) is 3.75. The van der Waals surface area contributed by atoms with Crippen molar-refractivity contribution in [1.29, 1.82) is 0 Å². The molecule has 1 amide bonds. The smallest absolute Gasteiger partial charge is 0.417 e. The van der Waals surface area contributed by atoms with Gasteiger partial charge in [-0.3, -0.25) is 9.59 Å². The maximum absolute atomic E-state index is 15.6. The van der Waals surface area contributed by atoms with Crippen molar-refractivity contribution in [2.24, 2.45) is 13.0 Å². The second-order valence-corrected chi connectivity index (χ2v) is 10.8. The van der Waals surface area contributed by atoms with E-state index in [1.54, 1.807) is 12.1 Å². The van der Waals surface area contributed by atoms with Crippen LogP contribution in [0.2, 0.25) is 0 Å². The summed E-state index contributed by atoms with van der Waals surface area (Å²) in [6.07, 6.45) is -0.371. The van der Waals surface area contributed by atoms with Crippen LogP contribution in [0.5, 0.6) is 5.88 Å². The molecule has 3 aromatic rings. The molecule has 8 nitrogen and oxygen atoms in total. The van der Waals surface area contributed by atoms with E-state index in [0.717, 1.165) is 23.6 Å². The van der Waals surface area contributed by atoms with Gasteiger partial charge in [0.25, 0.3) is 11.5 Å². The molecule has 2 aromatic heterocycles. The van der Waals surface area contributed by atoms with Crippen molar-refractivity contribution < 1.29 is 27.1 Å². The third-order valence-electron chi connectivity index (χ3n) is 7.62. The maximum Gasteiger partial charge on any atom is 0.417 e. The molecule has 1 aromatic carbocycles. The minimum Gasteiger partial charge on any atom is -0.477 e. The number of nitrogens with one attached hydrogen (secondary N) is 1. The zero-order valence-corrected chi connectivity index (χ0v) is 23.0. The number of pyridine rings is 2. The highest BCUT2D eigenvalue weighted by Gasteiger charge is 2.36. The van der Waals surface area contributed by atoms with Crippen molar-refractivity contribution in [3.63, 3.8) is 0 Å². The molecule has 1 saturated carbocycles. The third-order valence-corrected chi connectivity index (χ3v) is 7.62. The molecule has 2 aliphatic rings. The Balaban J connectivity index is 1.53. The first-order valence-electron chi connectivity index (χ1n) is 13.4. The second kappa shape index (κ2) is 11.2. The molecule has 1 saturated heterocycles. The van der Waals surface area contributed by atoms with E-state index >= 15 is 4.39 Å². The molecule has 12 heteroatoms. The van der Waals surface area contributed by atoms with Crippen molar-refractivity contribution >= 4 is 17.3 Å². The third kappa shape index (κ3) is 6.37. The van der Waals surface area contributed by atoms with Gasteiger partial charge >= 0.3 is 6.18 Å². The van der Waals surface area contributed by atoms with Crippen LogP contribution in [0.25, 0.3) is 11.1 Å². The Labute approximate surface area is 234 Å². The van der Waals surface area contributed by atoms with Crippen LogP contribution in [0.15, 0.2) is 47.5 Å². The normalized spacial score (nSPS) is 17.9. The number of hydrogen-bond acceptors (Lipinski definition) is 6. The van der Waals surface area contributed by atoms with Gasteiger partial charge in [0.05, 0.1) is 29.1 Å². The Morgan fingerprint density at radius 1 is 1.15 bits per heavy atom. The standard InChI is InChI=1S/C29H31F4N5O3/c1-17-14-38(9-8-36(17)2)25-12-23(30)20(19-6-7-26(34-13-19)41-16-18-4-5-18)10-24(25)35-28(40)21-15-37(3)27(39)11-22(21)29(31,32)33/h6-7,10-13,15,17-18H,4-5,8-9,14,16H2,1-3H3,(H,35,40)/t17-/m0/s1. The number of carbonyl (C=O) groups excluding carboxylic acids is 1. The molecule has 2 fully saturated rings. The number of ether oxygens (including phenoxy) is 1. The Morgan fingerprint density at radius 3 is 2.54 bits per heavy atom. The zero-order valence-electron chi connectivity index (χ0n) is 23.0. The van der Waals surface area contributed by atoms with Crippen molar-refractivity contribution in [1.82, 2.24) is 14.5 Å². The minimum absolute atomic E-state index is 0.114. The van der Waals surface area contributed by atoms with E-state index in [1.165, 1.54) is 25.4 Å². The summed E-state index contributed by atoms with van der Waals surface area (Å²) >= 11 is 0. The molecule has 5 rings (SSSR count). The van der Waals surface area contributed by atoms with Gasteiger partial charge in [0.15, 0.2) is 0 Å². The fourth-order valence-corrected chi connectivity index (χ4v) is 4.76. The Kier molecular flexibility index (Phi) is 7.78. The van der Waals surface area contributed by atoms with Crippen LogP contribution in [-0.2, 0) is 13.2 Å². The number of benzene rings is 1. The lowest BCUT2D eigenvalue weighted by molar-refractivity contribution is -0.138. The summed E-state index contributed by atoms with van der Waals surface area (Å²) in [6, 6.07) is 6.47. The molecule has 3 heterocycles. The van der Waals surface area contributed by atoms with E-state index < -0.39 is 34.6 Å². The van der Waals surface area contributed by atoms with E-state index in [0.29, 0.717) is 55.4 Å². The molecular formula is C29H31F4N5O3. The number of halogens is 4. The molecule has 0 radical (unpaired) electrons. The van der Waals surface area contributed by atoms with Crippen molar-refractivity contribution in [2.75, 3.05) is 43.5 Å². The number of hydrogen-bond donors (Lipinski definition) is 1. The summed E-state index contributed by atoms with van der Waals surface area (Å²) in [5.74, 6) is -0.700. The molecule has 0 spiro atoms. The van der Waals surface area contributed by atoms with Gasteiger partial charge in [0, 0.05) is 68.4 Å². The number of aromatic nitrogens is 2. The van der Waals surface area contributed by atoms with E-state index in [-0.39, 0.29) is 17.3 Å². The Hall–Kier alpha value is -3.93. The first kappa shape index (κ1) is 28.6. The first-order chi connectivity index (χ1) is 19.4. The fourth-order valence-electron chi connectivity index (χ4n) is 4.76. The van der Waals surface area contributed by atoms with Gasteiger partial charge in [-0.1, -0.05) is 0 Å². The van der Waals surface area contributed by atoms with Gasteiger partial charge in [-0.15, -0.1) is 0 Å². The summed E-state index contributed by atoms with van der Waals surface area (Å²) in [5, 5.41) is 2.58. The van der Waals surface area contributed by atoms with Crippen LogP contribution in [-0.4, -0.2) is 59.7 Å². The second-order valence-electron chi connectivity index (χ2n) is 10.8. The Morgan fingerprint density at radius 2 is 1.90 bits per heavy atom. The summed E-state index contributed by atoms with van der Waals surface area (Å²) in [4.78, 5) is 33.6. The Bertz CT molecular complexity index is 1500. The molecule has 41 heavy (non-hydrogen) atoms. The molecule has 218 valence electrons. The molecule has 0 bridgehead atoms. The lowest BCUT2D eigenvalue weighted by Gasteiger charge is -2.39. The van der Waals surface area contributed by atoms with Crippen LogP contribution in [0.3, 0.4) is 0 Å². The van der Waals surface area contributed by atoms with Gasteiger partial charge < -0.3 is 24.4 Å². The van der Waals surface area contributed by atoms with Crippen LogP contribution >= 0.6 is 0 Å². The lowest BCUT2D eigenvalue weighted by atomic mass is 10.0. The number of likely N-dealkylation sites (N-methyl/N-ethyl adjacent to an activating group) is 1. The monoisotopic (exact) mass is 573 g/mol. The van der Waals surface area contributed by atoms with Crippen molar-refractivity contribution in [2.45, 2.75) is 32.0 Å². The van der Waals surface area contributed by atoms with Crippen molar-refractivity contribution in [3.8, 4) is 17.0 Å². The topological polar surface area (TPSA) is 79.7 Å². The maximum atomic E-state index is 15.6. The summed E-state index contributed by atoms with van der Waals surface area (Å²) < 4.78 is 63.5. The number of rotatable bonds is 7. The SMILES string of the molecule is C[C@H]1CN(c2cc(F)c(-c3ccc(OCC4CC4)nc3)cc2NC(=O)c2cn(C)c(=O)cc2C(F)(F)F)CCN1C. The van der Waals surface area contributed by atoms with Gasteiger partial charge in [0.1, 0.15) is 5.82 Å².